The first-order chi connectivity index (χ1) is 8.08. The second-order valence-corrected chi connectivity index (χ2v) is 6.00. The van der Waals surface area contributed by atoms with E-state index in [-0.39, 0.29) is 0 Å². The van der Waals surface area contributed by atoms with Crippen LogP contribution in [0.4, 0.5) is 4.79 Å². The summed E-state index contributed by atoms with van der Waals surface area (Å²) >= 11 is 4.83. The molecular weight excluding hydrogens is 308 g/mol. The molecule has 0 saturated carbocycles. The van der Waals surface area contributed by atoms with Crippen molar-refractivity contribution in [3.63, 3.8) is 0 Å². The van der Waals surface area contributed by atoms with Gasteiger partial charge in [-0.3, -0.25) is 0 Å². The van der Waals surface area contributed by atoms with Gasteiger partial charge in [-0.05, 0) is 29.3 Å². The SMILES string of the molecule is C[C@H](O)CCNC(=O)OCCc1ncc(Br)s1. The van der Waals surface area contributed by atoms with Crippen LogP contribution in [-0.2, 0) is 11.2 Å². The third kappa shape index (κ3) is 6.60. The van der Waals surface area contributed by atoms with Crippen LogP contribution in [0, 0.1) is 0 Å². The second-order valence-electron chi connectivity index (χ2n) is 3.51. The minimum Gasteiger partial charge on any atom is -0.449 e. The van der Waals surface area contributed by atoms with Crippen molar-refractivity contribution in [3.05, 3.63) is 15.0 Å². The smallest absolute Gasteiger partial charge is 0.407 e. The van der Waals surface area contributed by atoms with E-state index in [1.165, 1.54) is 11.3 Å². The largest absolute Gasteiger partial charge is 0.449 e. The van der Waals surface area contributed by atoms with E-state index in [0.29, 0.717) is 26.0 Å². The topological polar surface area (TPSA) is 71.5 Å². The molecule has 0 fully saturated rings. The average molecular weight is 323 g/mol. The third-order valence-corrected chi connectivity index (χ3v) is 3.44. The minimum atomic E-state index is -0.457. The summed E-state index contributed by atoms with van der Waals surface area (Å²) in [4.78, 5) is 15.3. The van der Waals surface area contributed by atoms with Crippen molar-refractivity contribution >= 4 is 33.4 Å². The molecule has 0 bridgehead atoms. The molecule has 96 valence electrons. The highest BCUT2D eigenvalue weighted by atomic mass is 79.9. The molecule has 7 heteroatoms. The zero-order valence-corrected chi connectivity index (χ0v) is 11.9. The lowest BCUT2D eigenvalue weighted by molar-refractivity contribution is 0.143. The Bertz CT molecular complexity index is 357. The summed E-state index contributed by atoms with van der Waals surface area (Å²) in [5.74, 6) is 0. The number of hydrogen-bond acceptors (Lipinski definition) is 5. The number of nitrogens with one attached hydrogen (secondary N) is 1. The van der Waals surface area contributed by atoms with Crippen molar-refractivity contribution in [2.24, 2.45) is 0 Å². The van der Waals surface area contributed by atoms with Crippen LogP contribution in [0.5, 0.6) is 0 Å². The highest BCUT2D eigenvalue weighted by Crippen LogP contribution is 2.19. The number of ether oxygens (including phenoxy) is 1. The Morgan fingerprint density at radius 2 is 2.53 bits per heavy atom. The molecule has 1 rings (SSSR count). The number of thiazole rings is 1. The Kier molecular flexibility index (Phi) is 6.46. The van der Waals surface area contributed by atoms with Crippen LogP contribution in [0.25, 0.3) is 0 Å². The van der Waals surface area contributed by atoms with Crippen LogP contribution in [0.1, 0.15) is 18.4 Å². The van der Waals surface area contributed by atoms with Crippen molar-refractivity contribution in [1.82, 2.24) is 10.3 Å². The number of alkyl carbamates (subject to hydrolysis) is 1. The fourth-order valence-electron chi connectivity index (χ4n) is 1.07. The maximum Gasteiger partial charge on any atom is 0.407 e. The number of rotatable bonds is 6. The lowest BCUT2D eigenvalue weighted by atomic mass is 10.3. The summed E-state index contributed by atoms with van der Waals surface area (Å²) in [7, 11) is 0. The molecule has 1 amide bonds. The molecule has 1 aromatic rings. The molecule has 0 saturated heterocycles. The Balaban J connectivity index is 2.08. The molecule has 0 spiro atoms. The highest BCUT2D eigenvalue weighted by Gasteiger charge is 2.04. The summed E-state index contributed by atoms with van der Waals surface area (Å²) in [6.07, 6.45) is 1.99. The van der Waals surface area contributed by atoms with Crippen LogP contribution < -0.4 is 5.32 Å². The Hall–Kier alpha value is -0.660. The van der Waals surface area contributed by atoms with Crippen LogP contribution in [-0.4, -0.2) is 35.4 Å². The maximum atomic E-state index is 11.2. The van der Waals surface area contributed by atoms with E-state index in [2.05, 4.69) is 26.2 Å². The number of aliphatic hydroxyl groups is 1. The molecule has 5 nitrogen and oxygen atoms in total. The summed E-state index contributed by atoms with van der Waals surface area (Å²) < 4.78 is 5.92. The molecular formula is C10H15BrN2O3S. The van der Waals surface area contributed by atoms with Gasteiger partial charge >= 0.3 is 6.09 Å². The van der Waals surface area contributed by atoms with E-state index in [1.54, 1.807) is 13.1 Å². The van der Waals surface area contributed by atoms with Crippen molar-refractivity contribution in [2.75, 3.05) is 13.2 Å². The lowest BCUT2D eigenvalue weighted by Crippen LogP contribution is -2.27. The van der Waals surface area contributed by atoms with Gasteiger partial charge in [0.05, 0.1) is 27.7 Å². The standard InChI is InChI=1S/C10H15BrN2O3S/c1-7(14)2-4-12-10(15)16-5-3-9-13-6-8(11)17-9/h6-7,14H,2-5H2,1H3,(H,12,15)/t7-/m0/s1. The molecule has 2 N–H and O–H groups in total. The number of aliphatic hydroxyl groups excluding tert-OH is 1. The van der Waals surface area contributed by atoms with Crippen molar-refractivity contribution in [1.29, 1.82) is 0 Å². The van der Waals surface area contributed by atoms with Gasteiger partial charge in [-0.25, -0.2) is 9.78 Å². The van der Waals surface area contributed by atoms with E-state index in [1.807, 2.05) is 0 Å². The summed E-state index contributed by atoms with van der Waals surface area (Å²) in [5, 5.41) is 12.5. The lowest BCUT2D eigenvalue weighted by Gasteiger charge is -2.07. The highest BCUT2D eigenvalue weighted by molar-refractivity contribution is 9.11. The second kappa shape index (κ2) is 7.62. The molecule has 1 aromatic heterocycles. The van der Waals surface area contributed by atoms with E-state index in [0.717, 1.165) is 8.79 Å². The van der Waals surface area contributed by atoms with Gasteiger partial charge in [0, 0.05) is 13.0 Å². The number of nitrogens with zero attached hydrogens (tertiary/aromatic N) is 1. The Morgan fingerprint density at radius 1 is 1.76 bits per heavy atom. The van der Waals surface area contributed by atoms with Gasteiger partial charge in [0.2, 0.25) is 0 Å². The van der Waals surface area contributed by atoms with E-state index >= 15 is 0 Å². The molecule has 0 radical (unpaired) electrons. The molecule has 0 aliphatic rings. The molecule has 1 atom stereocenters. The van der Waals surface area contributed by atoms with E-state index < -0.39 is 12.2 Å². The number of amides is 1. The Labute approximate surface area is 112 Å². The first kappa shape index (κ1) is 14.4. The van der Waals surface area contributed by atoms with E-state index in [9.17, 15) is 4.79 Å². The fraction of sp³-hybridized carbons (Fsp3) is 0.600. The molecule has 0 aromatic carbocycles. The van der Waals surface area contributed by atoms with Crippen LogP contribution in [0.15, 0.2) is 9.98 Å². The van der Waals surface area contributed by atoms with E-state index in [4.69, 9.17) is 9.84 Å². The number of hydrogen-bond donors (Lipinski definition) is 2. The Morgan fingerprint density at radius 3 is 3.12 bits per heavy atom. The maximum absolute atomic E-state index is 11.2. The third-order valence-electron chi connectivity index (χ3n) is 1.91. The van der Waals surface area contributed by atoms with Crippen molar-refractivity contribution in [3.8, 4) is 0 Å². The predicted molar refractivity (Wildman–Crippen MR) is 69.2 cm³/mol. The van der Waals surface area contributed by atoms with Gasteiger partial charge < -0.3 is 15.2 Å². The summed E-state index contributed by atoms with van der Waals surface area (Å²) in [6, 6.07) is 0. The number of halogens is 1. The molecule has 0 unspecified atom stereocenters. The normalized spacial score (nSPS) is 12.2. The molecule has 0 aliphatic heterocycles. The van der Waals surface area contributed by atoms with Gasteiger partial charge in [-0.15, -0.1) is 11.3 Å². The molecule has 17 heavy (non-hydrogen) atoms. The van der Waals surface area contributed by atoms with Gasteiger partial charge in [0.15, 0.2) is 0 Å². The zero-order chi connectivity index (χ0) is 12.7. The number of carbonyl (C=O) groups excluding carboxylic acids is 1. The average Bonchev–Trinajstić information content (AvgIpc) is 2.63. The zero-order valence-electron chi connectivity index (χ0n) is 9.48. The van der Waals surface area contributed by atoms with Crippen LogP contribution in [0.2, 0.25) is 0 Å². The summed E-state index contributed by atoms with van der Waals surface area (Å²) in [5.41, 5.74) is 0. The van der Waals surface area contributed by atoms with Crippen LogP contribution in [0.3, 0.4) is 0 Å². The fourth-order valence-corrected chi connectivity index (χ4v) is 2.35. The van der Waals surface area contributed by atoms with Crippen molar-refractivity contribution < 1.29 is 14.6 Å². The molecule has 1 heterocycles. The number of aromatic nitrogens is 1. The first-order valence-electron chi connectivity index (χ1n) is 5.27. The molecule has 0 aliphatic carbocycles. The monoisotopic (exact) mass is 322 g/mol. The van der Waals surface area contributed by atoms with Gasteiger partial charge in [0.1, 0.15) is 0 Å². The van der Waals surface area contributed by atoms with Gasteiger partial charge in [-0.1, -0.05) is 0 Å². The van der Waals surface area contributed by atoms with Gasteiger partial charge in [0.25, 0.3) is 0 Å². The van der Waals surface area contributed by atoms with Crippen LogP contribution >= 0.6 is 27.3 Å². The predicted octanol–water partition coefficient (Wildman–Crippen LogP) is 1.95. The summed E-state index contributed by atoms with van der Waals surface area (Å²) in [6.45, 7) is 2.40. The number of carbonyl (C=O) groups is 1. The quantitative estimate of drug-likeness (QED) is 0.839. The van der Waals surface area contributed by atoms with Crippen molar-refractivity contribution in [2.45, 2.75) is 25.9 Å². The first-order valence-corrected chi connectivity index (χ1v) is 6.88. The van der Waals surface area contributed by atoms with Gasteiger partial charge in [-0.2, -0.15) is 0 Å². The minimum absolute atomic E-state index is 0.306.